The first kappa shape index (κ1) is 22.0. The molecule has 0 saturated carbocycles. The minimum absolute atomic E-state index is 0.134. The number of likely N-dealkylation sites (tertiary alicyclic amines) is 1. The lowest BCUT2D eigenvalue weighted by molar-refractivity contribution is -0.274. The molecule has 9 heteroatoms. The fraction of sp³-hybridized carbons (Fsp3) is 0.455. The minimum atomic E-state index is -4.83. The molecular weight excluding hydrogens is 429 g/mol. The summed E-state index contributed by atoms with van der Waals surface area (Å²) in [5, 5.41) is 0. The normalized spacial score (nSPS) is 21.4. The number of halogens is 3. The molecule has 1 saturated heterocycles. The van der Waals surface area contributed by atoms with Crippen LogP contribution in [0.1, 0.15) is 36.8 Å². The molecule has 0 amide bonds. The van der Waals surface area contributed by atoms with E-state index in [4.69, 9.17) is 0 Å². The molecule has 1 fully saturated rings. The maximum Gasteiger partial charge on any atom is 0.573 e. The topological polar surface area (TPSA) is 58.6 Å². The van der Waals surface area contributed by atoms with Crippen LogP contribution in [-0.2, 0) is 16.4 Å². The van der Waals surface area contributed by atoms with Crippen molar-refractivity contribution < 1.29 is 26.3 Å². The lowest BCUT2D eigenvalue weighted by atomic mass is 9.77. The van der Waals surface area contributed by atoms with Crippen molar-refractivity contribution in [2.75, 3.05) is 24.4 Å². The van der Waals surface area contributed by atoms with E-state index in [1.54, 1.807) is 6.07 Å². The summed E-state index contributed by atoms with van der Waals surface area (Å²) < 4.78 is 68.6. The van der Waals surface area contributed by atoms with Crippen molar-refractivity contribution in [1.82, 2.24) is 4.90 Å². The van der Waals surface area contributed by atoms with Gasteiger partial charge in [-0.25, -0.2) is 8.42 Å². The Balaban J connectivity index is 1.49. The molecule has 0 aromatic heterocycles. The number of ether oxygens (including phenoxy) is 1. The van der Waals surface area contributed by atoms with Crippen LogP contribution >= 0.6 is 0 Å². The average molecular weight is 455 g/mol. The monoisotopic (exact) mass is 454 g/mol. The molecule has 1 N–H and O–H groups in total. The highest BCUT2D eigenvalue weighted by Crippen LogP contribution is 2.42. The van der Waals surface area contributed by atoms with E-state index in [0.29, 0.717) is 17.5 Å². The van der Waals surface area contributed by atoms with Gasteiger partial charge >= 0.3 is 6.36 Å². The lowest BCUT2D eigenvalue weighted by Crippen LogP contribution is -2.21. The molecule has 2 aromatic rings. The Hall–Kier alpha value is -2.26. The molecule has 0 spiro atoms. The highest BCUT2D eigenvalue weighted by molar-refractivity contribution is 7.92. The first-order chi connectivity index (χ1) is 14.6. The Labute approximate surface area is 180 Å². The predicted molar refractivity (Wildman–Crippen MR) is 112 cm³/mol. The van der Waals surface area contributed by atoms with Crippen LogP contribution in [0, 0.1) is 5.92 Å². The van der Waals surface area contributed by atoms with Gasteiger partial charge in [-0.15, -0.1) is 13.2 Å². The summed E-state index contributed by atoms with van der Waals surface area (Å²) in [5.74, 6) is 0.671. The van der Waals surface area contributed by atoms with Gasteiger partial charge in [0.05, 0.1) is 4.90 Å². The summed E-state index contributed by atoms with van der Waals surface area (Å²) in [6, 6.07) is 9.81. The number of nitrogens with one attached hydrogen (secondary N) is 1. The minimum Gasteiger partial charge on any atom is -0.406 e. The Morgan fingerprint density at radius 3 is 2.55 bits per heavy atom. The fourth-order valence-electron chi connectivity index (χ4n) is 4.73. The summed E-state index contributed by atoms with van der Waals surface area (Å²) in [5.41, 5.74) is 2.91. The number of fused-ring (bicyclic) bond motifs is 3. The molecule has 168 valence electrons. The summed E-state index contributed by atoms with van der Waals surface area (Å²) >= 11 is 0. The number of hydrogen-bond acceptors (Lipinski definition) is 4. The molecule has 0 bridgehead atoms. The first-order valence-electron chi connectivity index (χ1n) is 10.4. The highest BCUT2D eigenvalue weighted by atomic mass is 32.2. The van der Waals surface area contributed by atoms with Crippen LogP contribution in [0.15, 0.2) is 47.4 Å². The van der Waals surface area contributed by atoms with Gasteiger partial charge in [-0.05, 0) is 79.3 Å². The van der Waals surface area contributed by atoms with Crippen LogP contribution in [0.4, 0.5) is 18.9 Å². The van der Waals surface area contributed by atoms with E-state index in [-0.39, 0.29) is 4.90 Å². The van der Waals surface area contributed by atoms with Crippen LogP contribution in [0.3, 0.4) is 0 Å². The predicted octanol–water partition coefficient (Wildman–Crippen LogP) is 4.76. The largest absolute Gasteiger partial charge is 0.573 e. The zero-order chi connectivity index (χ0) is 22.2. The average Bonchev–Trinajstić information content (AvgIpc) is 3.10. The second-order valence-corrected chi connectivity index (χ2v) is 9.89. The molecule has 2 unspecified atom stereocenters. The van der Waals surface area contributed by atoms with Gasteiger partial charge in [-0.1, -0.05) is 13.0 Å². The van der Waals surface area contributed by atoms with E-state index in [2.05, 4.69) is 21.3 Å². The van der Waals surface area contributed by atoms with E-state index in [1.165, 1.54) is 5.56 Å². The summed E-state index contributed by atoms with van der Waals surface area (Å²) in [6.45, 7) is 5.46. The molecule has 1 aliphatic heterocycles. The number of hydrogen-bond donors (Lipinski definition) is 1. The van der Waals surface area contributed by atoms with Gasteiger partial charge in [0.25, 0.3) is 10.0 Å². The Bertz CT molecular complexity index is 1040. The molecule has 4 rings (SSSR count). The lowest BCUT2D eigenvalue weighted by Gasteiger charge is -2.28. The summed E-state index contributed by atoms with van der Waals surface area (Å²) in [7, 11) is -3.93. The quantitative estimate of drug-likeness (QED) is 0.684. The third-order valence-corrected chi connectivity index (χ3v) is 7.40. The standard InChI is InChI=1S/C22H25F3N2O3S/c1-2-11-27-13-16-4-3-15-12-17(5-10-20(15)21(16)14-27)26-31(28,29)19-8-6-18(7-9-19)30-22(23,24)25/h5-10,12,16,21,26H,2-4,11,13-14H2,1H3. The number of anilines is 1. The Kier molecular flexibility index (Phi) is 5.91. The van der Waals surface area contributed by atoms with Crippen molar-refractivity contribution in [2.24, 2.45) is 5.92 Å². The third-order valence-electron chi connectivity index (χ3n) is 6.00. The van der Waals surface area contributed by atoms with Crippen LogP contribution in [0.2, 0.25) is 0 Å². The zero-order valence-electron chi connectivity index (χ0n) is 17.2. The van der Waals surface area contributed by atoms with Gasteiger partial charge in [-0.3, -0.25) is 4.72 Å². The number of nitrogens with zero attached hydrogens (tertiary/aromatic N) is 1. The highest BCUT2D eigenvalue weighted by Gasteiger charge is 2.37. The Morgan fingerprint density at radius 2 is 1.87 bits per heavy atom. The van der Waals surface area contributed by atoms with Gasteiger partial charge in [0.15, 0.2) is 0 Å². The van der Waals surface area contributed by atoms with Crippen molar-refractivity contribution >= 4 is 15.7 Å². The first-order valence-corrected chi connectivity index (χ1v) is 11.9. The second kappa shape index (κ2) is 8.35. The third kappa shape index (κ3) is 4.98. The Morgan fingerprint density at radius 1 is 1.13 bits per heavy atom. The van der Waals surface area contributed by atoms with Gasteiger partial charge in [-0.2, -0.15) is 0 Å². The van der Waals surface area contributed by atoms with Crippen LogP contribution in [0.25, 0.3) is 0 Å². The van der Waals surface area contributed by atoms with Crippen molar-refractivity contribution in [2.45, 2.75) is 43.4 Å². The molecule has 31 heavy (non-hydrogen) atoms. The summed E-state index contributed by atoms with van der Waals surface area (Å²) in [4.78, 5) is 2.37. The maximum atomic E-state index is 12.7. The smallest absolute Gasteiger partial charge is 0.406 e. The molecule has 1 aliphatic carbocycles. The molecule has 0 radical (unpaired) electrons. The van der Waals surface area contributed by atoms with Crippen molar-refractivity contribution in [3.63, 3.8) is 0 Å². The number of alkyl halides is 3. The van der Waals surface area contributed by atoms with Crippen molar-refractivity contribution in [3.8, 4) is 5.75 Å². The van der Waals surface area contributed by atoms with Crippen molar-refractivity contribution in [3.05, 3.63) is 53.6 Å². The van der Waals surface area contributed by atoms with E-state index in [0.717, 1.165) is 68.7 Å². The van der Waals surface area contributed by atoms with Gasteiger partial charge < -0.3 is 9.64 Å². The molecule has 1 heterocycles. The van der Waals surface area contributed by atoms with Gasteiger partial charge in [0.1, 0.15) is 5.75 Å². The number of aryl methyl sites for hydroxylation is 1. The SMILES string of the molecule is CCCN1CC2CCc3cc(NS(=O)(=O)c4ccc(OC(F)(F)F)cc4)ccc3C2C1. The van der Waals surface area contributed by atoms with E-state index in [1.807, 2.05) is 12.1 Å². The number of sulfonamides is 1. The molecule has 2 aromatic carbocycles. The van der Waals surface area contributed by atoms with Gasteiger partial charge in [0.2, 0.25) is 0 Å². The van der Waals surface area contributed by atoms with E-state index >= 15 is 0 Å². The van der Waals surface area contributed by atoms with Crippen LogP contribution in [0.5, 0.6) is 5.75 Å². The molecule has 2 atom stereocenters. The fourth-order valence-corrected chi connectivity index (χ4v) is 5.78. The zero-order valence-corrected chi connectivity index (χ0v) is 18.0. The molecule has 2 aliphatic rings. The molecule has 5 nitrogen and oxygen atoms in total. The van der Waals surface area contributed by atoms with Crippen LogP contribution in [-0.4, -0.2) is 39.3 Å². The number of rotatable bonds is 6. The van der Waals surface area contributed by atoms with E-state index in [9.17, 15) is 21.6 Å². The van der Waals surface area contributed by atoms with Gasteiger partial charge in [0, 0.05) is 24.7 Å². The van der Waals surface area contributed by atoms with Crippen LogP contribution < -0.4 is 9.46 Å². The molecular formula is C22H25F3N2O3S. The second-order valence-electron chi connectivity index (χ2n) is 8.20. The van der Waals surface area contributed by atoms with Crippen molar-refractivity contribution in [1.29, 1.82) is 0 Å². The maximum absolute atomic E-state index is 12.7. The number of benzene rings is 2. The van der Waals surface area contributed by atoms with E-state index < -0.39 is 22.1 Å². The summed E-state index contributed by atoms with van der Waals surface area (Å²) in [6.07, 6.45) is -1.69.